The third kappa shape index (κ3) is 5.04. The van der Waals surface area contributed by atoms with Crippen LogP contribution in [-0.2, 0) is 6.54 Å². The lowest BCUT2D eigenvalue weighted by Crippen LogP contribution is -2.24. The predicted octanol–water partition coefficient (Wildman–Crippen LogP) is 4.29. The molecule has 0 saturated carbocycles. The Morgan fingerprint density at radius 3 is 2.59 bits per heavy atom. The maximum Gasteiger partial charge on any atom is 0.270 e. The van der Waals surface area contributed by atoms with Gasteiger partial charge >= 0.3 is 0 Å². The van der Waals surface area contributed by atoms with Crippen LogP contribution in [0.15, 0.2) is 66.9 Å². The van der Waals surface area contributed by atoms with Crippen molar-refractivity contribution in [3.63, 3.8) is 0 Å². The first-order chi connectivity index (χ1) is 13.2. The molecule has 0 unspecified atom stereocenters. The normalized spacial score (nSPS) is 10.3. The first-order valence-corrected chi connectivity index (χ1v) is 8.63. The topological polar surface area (TPSA) is 63.2 Å². The van der Waals surface area contributed by atoms with Gasteiger partial charge in [-0.2, -0.15) is 0 Å². The number of halogens is 1. The van der Waals surface area contributed by atoms with Gasteiger partial charge < -0.3 is 15.4 Å². The fraction of sp³-hybridized carbons (Fsp3) is 0.143. The number of carbonyl (C=O) groups is 1. The van der Waals surface area contributed by atoms with Crippen LogP contribution in [0.25, 0.3) is 0 Å². The Labute approximate surface area is 157 Å². The minimum absolute atomic E-state index is 0.101. The Kier molecular flexibility index (Phi) is 5.99. The second-order valence-corrected chi connectivity index (χ2v) is 5.79. The lowest BCUT2D eigenvalue weighted by Gasteiger charge is -2.10. The van der Waals surface area contributed by atoms with Crippen molar-refractivity contribution in [1.82, 2.24) is 10.3 Å². The van der Waals surface area contributed by atoms with Gasteiger partial charge in [-0.1, -0.05) is 18.2 Å². The lowest BCUT2D eigenvalue weighted by atomic mass is 10.2. The summed E-state index contributed by atoms with van der Waals surface area (Å²) in [7, 11) is 0. The van der Waals surface area contributed by atoms with Crippen LogP contribution in [0.1, 0.15) is 23.0 Å². The second kappa shape index (κ2) is 8.80. The zero-order valence-electron chi connectivity index (χ0n) is 14.9. The van der Waals surface area contributed by atoms with Crippen molar-refractivity contribution in [1.29, 1.82) is 0 Å². The number of rotatable bonds is 7. The average molecular weight is 365 g/mol. The highest BCUT2D eigenvalue weighted by atomic mass is 19.1. The monoisotopic (exact) mass is 365 g/mol. The molecule has 3 aromatic rings. The Bertz CT molecular complexity index is 913. The van der Waals surface area contributed by atoms with E-state index in [1.807, 2.05) is 31.2 Å². The van der Waals surface area contributed by atoms with E-state index in [-0.39, 0.29) is 24.0 Å². The van der Waals surface area contributed by atoms with Crippen molar-refractivity contribution in [2.45, 2.75) is 13.5 Å². The van der Waals surface area contributed by atoms with E-state index < -0.39 is 0 Å². The van der Waals surface area contributed by atoms with Gasteiger partial charge in [0.1, 0.15) is 17.3 Å². The molecule has 138 valence electrons. The molecule has 1 aromatic heterocycles. The van der Waals surface area contributed by atoms with E-state index in [1.54, 1.807) is 36.5 Å². The first-order valence-electron chi connectivity index (χ1n) is 8.63. The highest BCUT2D eigenvalue weighted by Crippen LogP contribution is 2.20. The van der Waals surface area contributed by atoms with Gasteiger partial charge in [-0.3, -0.25) is 9.78 Å². The Balaban J connectivity index is 1.64. The smallest absolute Gasteiger partial charge is 0.270 e. The number of ether oxygens (including phenoxy) is 1. The zero-order chi connectivity index (χ0) is 19.1. The van der Waals surface area contributed by atoms with Crippen molar-refractivity contribution >= 4 is 17.3 Å². The van der Waals surface area contributed by atoms with Crippen LogP contribution < -0.4 is 15.4 Å². The van der Waals surface area contributed by atoms with Crippen LogP contribution in [0.4, 0.5) is 15.8 Å². The fourth-order valence-electron chi connectivity index (χ4n) is 2.51. The highest BCUT2D eigenvalue weighted by Gasteiger charge is 2.09. The third-order valence-corrected chi connectivity index (χ3v) is 3.84. The summed E-state index contributed by atoms with van der Waals surface area (Å²) >= 11 is 0. The SMILES string of the molecule is CCOc1ccc(Nc2ccnc(C(=O)NCc3ccccc3F)c2)cc1. The summed E-state index contributed by atoms with van der Waals surface area (Å²) in [6.45, 7) is 2.65. The van der Waals surface area contributed by atoms with Gasteiger partial charge in [-0.25, -0.2) is 4.39 Å². The maximum absolute atomic E-state index is 13.6. The number of hydrogen-bond acceptors (Lipinski definition) is 4. The minimum Gasteiger partial charge on any atom is -0.494 e. The quantitative estimate of drug-likeness (QED) is 0.655. The van der Waals surface area contributed by atoms with E-state index in [9.17, 15) is 9.18 Å². The number of carbonyl (C=O) groups excluding carboxylic acids is 1. The summed E-state index contributed by atoms with van der Waals surface area (Å²) in [5.41, 5.74) is 2.27. The van der Waals surface area contributed by atoms with E-state index in [2.05, 4.69) is 15.6 Å². The van der Waals surface area contributed by atoms with Gasteiger partial charge in [0.15, 0.2) is 0 Å². The fourth-order valence-corrected chi connectivity index (χ4v) is 2.51. The number of nitrogens with one attached hydrogen (secondary N) is 2. The van der Waals surface area contributed by atoms with E-state index in [4.69, 9.17) is 4.74 Å². The molecule has 2 N–H and O–H groups in total. The van der Waals surface area contributed by atoms with Crippen molar-refractivity contribution < 1.29 is 13.9 Å². The standard InChI is InChI=1S/C21H20FN3O2/c1-2-27-18-9-7-16(8-10-18)25-17-11-12-23-20(13-17)21(26)24-14-15-5-3-4-6-19(15)22/h3-13H,2,14H2,1H3,(H,23,25)(H,24,26). The maximum atomic E-state index is 13.6. The predicted molar refractivity (Wildman–Crippen MR) is 103 cm³/mol. The summed E-state index contributed by atoms with van der Waals surface area (Å²) in [5.74, 6) is 0.0799. The van der Waals surface area contributed by atoms with Crippen molar-refractivity contribution in [3.8, 4) is 5.75 Å². The van der Waals surface area contributed by atoms with E-state index in [0.29, 0.717) is 12.2 Å². The molecule has 27 heavy (non-hydrogen) atoms. The van der Waals surface area contributed by atoms with Crippen LogP contribution in [0, 0.1) is 5.82 Å². The zero-order valence-corrected chi connectivity index (χ0v) is 14.9. The molecular formula is C21H20FN3O2. The molecular weight excluding hydrogens is 345 g/mol. The molecule has 0 spiro atoms. The molecule has 5 nitrogen and oxygen atoms in total. The molecule has 0 aliphatic heterocycles. The largest absolute Gasteiger partial charge is 0.494 e. The molecule has 2 aromatic carbocycles. The van der Waals surface area contributed by atoms with Crippen molar-refractivity contribution in [3.05, 3.63) is 83.9 Å². The molecule has 3 rings (SSSR count). The first kappa shape index (κ1) is 18.4. The Morgan fingerprint density at radius 1 is 1.07 bits per heavy atom. The minimum atomic E-state index is -0.367. The van der Waals surface area contributed by atoms with Crippen LogP contribution in [0.2, 0.25) is 0 Å². The Morgan fingerprint density at radius 2 is 1.85 bits per heavy atom. The molecule has 0 radical (unpaired) electrons. The number of benzene rings is 2. The molecule has 1 heterocycles. The van der Waals surface area contributed by atoms with Gasteiger partial charge in [0.25, 0.3) is 5.91 Å². The number of aromatic nitrogens is 1. The molecule has 0 aliphatic rings. The van der Waals surface area contributed by atoms with Gasteiger partial charge in [0.2, 0.25) is 0 Å². The number of hydrogen-bond donors (Lipinski definition) is 2. The van der Waals surface area contributed by atoms with Gasteiger partial charge in [0.05, 0.1) is 6.61 Å². The van der Waals surface area contributed by atoms with Gasteiger partial charge in [-0.05, 0) is 49.4 Å². The summed E-state index contributed by atoms with van der Waals surface area (Å²) in [6, 6.07) is 17.3. The second-order valence-electron chi connectivity index (χ2n) is 5.79. The number of nitrogens with zero attached hydrogens (tertiary/aromatic N) is 1. The number of pyridine rings is 1. The summed E-state index contributed by atoms with van der Waals surface area (Å²) in [5, 5.41) is 5.90. The van der Waals surface area contributed by atoms with E-state index in [0.717, 1.165) is 17.1 Å². The molecule has 0 fully saturated rings. The van der Waals surface area contributed by atoms with Crippen molar-refractivity contribution in [2.24, 2.45) is 0 Å². The summed E-state index contributed by atoms with van der Waals surface area (Å²) in [6.07, 6.45) is 1.55. The molecule has 6 heteroatoms. The van der Waals surface area contributed by atoms with Crippen molar-refractivity contribution in [2.75, 3.05) is 11.9 Å². The van der Waals surface area contributed by atoms with Crippen LogP contribution >= 0.6 is 0 Å². The average Bonchev–Trinajstić information content (AvgIpc) is 2.69. The van der Waals surface area contributed by atoms with Gasteiger partial charge in [-0.15, -0.1) is 0 Å². The van der Waals surface area contributed by atoms with E-state index in [1.165, 1.54) is 6.07 Å². The molecule has 0 aliphatic carbocycles. The Hall–Kier alpha value is -3.41. The van der Waals surface area contributed by atoms with Crippen LogP contribution in [-0.4, -0.2) is 17.5 Å². The number of anilines is 2. The van der Waals surface area contributed by atoms with Crippen LogP contribution in [0.3, 0.4) is 0 Å². The molecule has 1 amide bonds. The lowest BCUT2D eigenvalue weighted by molar-refractivity contribution is 0.0945. The summed E-state index contributed by atoms with van der Waals surface area (Å²) < 4.78 is 19.1. The highest BCUT2D eigenvalue weighted by molar-refractivity contribution is 5.93. The molecule has 0 saturated heterocycles. The molecule has 0 atom stereocenters. The van der Waals surface area contributed by atoms with Gasteiger partial charge in [0, 0.05) is 29.7 Å². The van der Waals surface area contributed by atoms with E-state index >= 15 is 0 Å². The van der Waals surface area contributed by atoms with Crippen LogP contribution in [0.5, 0.6) is 5.75 Å². The molecule has 0 bridgehead atoms. The third-order valence-electron chi connectivity index (χ3n) is 3.84. The number of amides is 1. The summed E-state index contributed by atoms with van der Waals surface area (Å²) in [4.78, 5) is 16.4.